The Labute approximate surface area is 120 Å². The molecule has 21 heavy (non-hydrogen) atoms. The van der Waals surface area contributed by atoms with E-state index in [1.165, 1.54) is 6.07 Å². The van der Waals surface area contributed by atoms with Crippen LogP contribution in [0.3, 0.4) is 0 Å². The number of para-hydroxylation sites is 2. The molecule has 0 heterocycles. The van der Waals surface area contributed by atoms with E-state index in [4.69, 9.17) is 10.5 Å². The summed E-state index contributed by atoms with van der Waals surface area (Å²) in [6.45, 7) is -0.0267. The van der Waals surface area contributed by atoms with Gasteiger partial charge in [-0.1, -0.05) is 12.1 Å². The van der Waals surface area contributed by atoms with E-state index in [2.05, 4.69) is 5.32 Å². The van der Waals surface area contributed by atoms with Crippen LogP contribution in [0.2, 0.25) is 0 Å². The van der Waals surface area contributed by atoms with Crippen LogP contribution in [0.4, 0.5) is 20.2 Å². The quantitative estimate of drug-likeness (QED) is 0.833. The molecule has 0 aliphatic rings. The summed E-state index contributed by atoms with van der Waals surface area (Å²) in [5.41, 5.74) is 6.66. The maximum Gasteiger partial charge on any atom is 0.227 e. The minimum absolute atomic E-state index is 0.0190. The second kappa shape index (κ2) is 6.69. The highest BCUT2D eigenvalue weighted by atomic mass is 19.1. The van der Waals surface area contributed by atoms with Gasteiger partial charge in [0.15, 0.2) is 11.6 Å². The number of carbonyl (C=O) groups is 1. The summed E-state index contributed by atoms with van der Waals surface area (Å²) in [6.07, 6.45) is 0.0190. The number of ether oxygens (including phenoxy) is 1. The first-order chi connectivity index (χ1) is 10.1. The zero-order chi connectivity index (χ0) is 15.2. The van der Waals surface area contributed by atoms with Gasteiger partial charge in [-0.25, -0.2) is 8.78 Å². The molecule has 0 saturated heterocycles. The summed E-state index contributed by atoms with van der Waals surface area (Å²) in [4.78, 5) is 11.7. The SMILES string of the molecule is Nc1ccccc1NC(=O)CCOc1ccc(F)cc1F. The molecule has 0 unspecified atom stereocenters. The van der Waals surface area contributed by atoms with E-state index in [0.29, 0.717) is 11.4 Å². The average molecular weight is 292 g/mol. The first-order valence-corrected chi connectivity index (χ1v) is 6.28. The molecule has 2 aromatic carbocycles. The number of nitrogens with one attached hydrogen (secondary N) is 1. The highest BCUT2D eigenvalue weighted by molar-refractivity contribution is 5.93. The maximum atomic E-state index is 13.3. The molecule has 3 N–H and O–H groups in total. The number of hydrogen-bond donors (Lipinski definition) is 2. The van der Waals surface area contributed by atoms with Crippen molar-refractivity contribution in [1.29, 1.82) is 0 Å². The number of carbonyl (C=O) groups excluding carboxylic acids is 1. The Bertz CT molecular complexity index is 647. The number of benzene rings is 2. The van der Waals surface area contributed by atoms with Crippen molar-refractivity contribution in [1.82, 2.24) is 0 Å². The van der Waals surface area contributed by atoms with E-state index in [-0.39, 0.29) is 24.7 Å². The lowest BCUT2D eigenvalue weighted by Gasteiger charge is -2.09. The largest absolute Gasteiger partial charge is 0.490 e. The van der Waals surface area contributed by atoms with Crippen LogP contribution < -0.4 is 15.8 Å². The third kappa shape index (κ3) is 4.17. The summed E-state index contributed by atoms with van der Waals surface area (Å²) in [7, 11) is 0. The molecule has 0 aliphatic carbocycles. The van der Waals surface area contributed by atoms with Gasteiger partial charge in [-0.05, 0) is 24.3 Å². The fourth-order valence-corrected chi connectivity index (χ4v) is 1.67. The Morgan fingerprint density at radius 3 is 2.67 bits per heavy atom. The predicted octanol–water partition coefficient (Wildman–Crippen LogP) is 2.95. The monoisotopic (exact) mass is 292 g/mol. The molecule has 0 fully saturated rings. The second-order valence-electron chi connectivity index (χ2n) is 4.31. The van der Waals surface area contributed by atoms with E-state index in [1.54, 1.807) is 24.3 Å². The third-order valence-electron chi connectivity index (χ3n) is 2.72. The molecular formula is C15H14F2N2O2. The maximum absolute atomic E-state index is 13.3. The van der Waals surface area contributed by atoms with Gasteiger partial charge in [0, 0.05) is 6.07 Å². The van der Waals surface area contributed by atoms with Crippen molar-refractivity contribution in [3.8, 4) is 5.75 Å². The van der Waals surface area contributed by atoms with Crippen molar-refractivity contribution in [3.63, 3.8) is 0 Å². The van der Waals surface area contributed by atoms with Crippen LogP contribution in [-0.2, 0) is 4.79 Å². The molecule has 0 spiro atoms. The van der Waals surface area contributed by atoms with Gasteiger partial charge in [0.2, 0.25) is 5.91 Å². The summed E-state index contributed by atoms with van der Waals surface area (Å²) in [5, 5.41) is 2.62. The van der Waals surface area contributed by atoms with Crippen LogP contribution in [0.25, 0.3) is 0 Å². The second-order valence-corrected chi connectivity index (χ2v) is 4.31. The van der Waals surface area contributed by atoms with Crippen molar-refractivity contribution in [2.45, 2.75) is 6.42 Å². The van der Waals surface area contributed by atoms with Gasteiger partial charge in [-0.15, -0.1) is 0 Å². The Morgan fingerprint density at radius 2 is 1.95 bits per heavy atom. The summed E-state index contributed by atoms with van der Waals surface area (Å²) in [5.74, 6) is -1.89. The minimum Gasteiger partial charge on any atom is -0.490 e. The topological polar surface area (TPSA) is 64.3 Å². The molecule has 2 rings (SSSR count). The van der Waals surface area contributed by atoms with Crippen LogP contribution in [0.15, 0.2) is 42.5 Å². The highest BCUT2D eigenvalue weighted by Crippen LogP contribution is 2.19. The van der Waals surface area contributed by atoms with Crippen molar-refractivity contribution in [2.24, 2.45) is 0 Å². The van der Waals surface area contributed by atoms with Crippen LogP contribution in [-0.4, -0.2) is 12.5 Å². The fraction of sp³-hybridized carbons (Fsp3) is 0.133. The van der Waals surface area contributed by atoms with Crippen molar-refractivity contribution < 1.29 is 18.3 Å². The fourth-order valence-electron chi connectivity index (χ4n) is 1.67. The Balaban J connectivity index is 1.83. The van der Waals surface area contributed by atoms with Crippen LogP contribution in [0, 0.1) is 11.6 Å². The normalized spacial score (nSPS) is 10.2. The van der Waals surface area contributed by atoms with E-state index in [9.17, 15) is 13.6 Å². The van der Waals surface area contributed by atoms with E-state index >= 15 is 0 Å². The molecule has 0 aliphatic heterocycles. The number of amides is 1. The summed E-state index contributed by atoms with van der Waals surface area (Å²) in [6, 6.07) is 9.83. The highest BCUT2D eigenvalue weighted by Gasteiger charge is 2.08. The van der Waals surface area contributed by atoms with Gasteiger partial charge in [0.1, 0.15) is 5.82 Å². The molecule has 2 aromatic rings. The van der Waals surface area contributed by atoms with E-state index in [0.717, 1.165) is 12.1 Å². The molecule has 0 aromatic heterocycles. The van der Waals surface area contributed by atoms with Crippen molar-refractivity contribution in [3.05, 3.63) is 54.1 Å². The lowest BCUT2D eigenvalue weighted by atomic mass is 10.2. The Hall–Kier alpha value is -2.63. The first-order valence-electron chi connectivity index (χ1n) is 6.28. The van der Waals surface area contributed by atoms with Crippen molar-refractivity contribution >= 4 is 17.3 Å². The average Bonchev–Trinajstić information content (AvgIpc) is 2.44. The lowest BCUT2D eigenvalue weighted by molar-refractivity contribution is -0.116. The molecule has 6 heteroatoms. The number of nitrogen functional groups attached to an aromatic ring is 1. The number of rotatable bonds is 5. The number of anilines is 2. The number of nitrogens with two attached hydrogens (primary N) is 1. The Kier molecular flexibility index (Phi) is 4.71. The molecule has 0 bridgehead atoms. The summed E-state index contributed by atoms with van der Waals surface area (Å²) < 4.78 is 31.1. The first kappa shape index (κ1) is 14.8. The molecule has 0 radical (unpaired) electrons. The van der Waals surface area contributed by atoms with Gasteiger partial charge in [-0.2, -0.15) is 0 Å². The zero-order valence-electron chi connectivity index (χ0n) is 11.1. The summed E-state index contributed by atoms with van der Waals surface area (Å²) >= 11 is 0. The molecule has 0 atom stereocenters. The van der Waals surface area contributed by atoms with Crippen LogP contribution >= 0.6 is 0 Å². The van der Waals surface area contributed by atoms with E-state index < -0.39 is 11.6 Å². The molecule has 110 valence electrons. The number of halogens is 2. The Morgan fingerprint density at radius 1 is 1.19 bits per heavy atom. The van der Waals surface area contributed by atoms with Gasteiger partial charge < -0.3 is 15.8 Å². The third-order valence-corrected chi connectivity index (χ3v) is 2.72. The molecular weight excluding hydrogens is 278 g/mol. The lowest BCUT2D eigenvalue weighted by Crippen LogP contribution is -2.16. The smallest absolute Gasteiger partial charge is 0.227 e. The minimum atomic E-state index is -0.803. The standard InChI is InChI=1S/C15H14F2N2O2/c16-10-5-6-14(11(17)9-10)21-8-7-15(20)19-13-4-2-1-3-12(13)18/h1-6,9H,7-8,18H2,(H,19,20). The van der Waals surface area contributed by atoms with Crippen LogP contribution in [0.1, 0.15) is 6.42 Å². The van der Waals surface area contributed by atoms with Gasteiger partial charge in [0.25, 0.3) is 0 Å². The van der Waals surface area contributed by atoms with Gasteiger partial charge >= 0.3 is 0 Å². The van der Waals surface area contributed by atoms with Crippen LogP contribution in [0.5, 0.6) is 5.75 Å². The predicted molar refractivity (Wildman–Crippen MR) is 76.0 cm³/mol. The zero-order valence-corrected chi connectivity index (χ0v) is 11.1. The molecule has 1 amide bonds. The molecule has 0 saturated carbocycles. The van der Waals surface area contributed by atoms with Crippen molar-refractivity contribution in [2.75, 3.05) is 17.7 Å². The van der Waals surface area contributed by atoms with E-state index in [1.807, 2.05) is 0 Å². The van der Waals surface area contributed by atoms with Gasteiger partial charge in [-0.3, -0.25) is 4.79 Å². The van der Waals surface area contributed by atoms with Gasteiger partial charge in [0.05, 0.1) is 24.4 Å². The number of hydrogen-bond acceptors (Lipinski definition) is 3. The molecule has 4 nitrogen and oxygen atoms in total.